The third-order valence-electron chi connectivity index (χ3n) is 5.75. The van der Waals surface area contributed by atoms with Crippen molar-refractivity contribution in [2.24, 2.45) is 0 Å². The van der Waals surface area contributed by atoms with E-state index in [0.29, 0.717) is 33.9 Å². The number of benzene rings is 2. The van der Waals surface area contributed by atoms with E-state index in [9.17, 15) is 9.59 Å². The van der Waals surface area contributed by atoms with Gasteiger partial charge >= 0.3 is 0 Å². The molecule has 2 aromatic heterocycles. The highest BCUT2D eigenvalue weighted by Gasteiger charge is 2.45. The molecule has 4 aromatic rings. The molecule has 0 spiro atoms. The van der Waals surface area contributed by atoms with E-state index in [2.05, 4.69) is 5.16 Å². The van der Waals surface area contributed by atoms with Crippen LogP contribution >= 0.6 is 0 Å². The van der Waals surface area contributed by atoms with E-state index in [0.717, 1.165) is 17.5 Å². The number of hydrogen-bond donors (Lipinski definition) is 0. The lowest BCUT2D eigenvalue weighted by Gasteiger charge is -2.23. The summed E-state index contributed by atoms with van der Waals surface area (Å²) in [6.07, 6.45) is 0.766. The van der Waals surface area contributed by atoms with E-state index < -0.39 is 11.9 Å². The lowest BCUT2D eigenvalue weighted by molar-refractivity contribution is 0.0969. The number of carbonyl (C=O) groups excluding carboxylic acids is 1. The Morgan fingerprint density at radius 1 is 1.12 bits per heavy atom. The highest BCUT2D eigenvalue weighted by molar-refractivity contribution is 6.10. The van der Waals surface area contributed by atoms with Crippen molar-refractivity contribution in [3.05, 3.63) is 87.0 Å². The van der Waals surface area contributed by atoms with Crippen molar-refractivity contribution in [3.8, 4) is 5.75 Å². The zero-order valence-electron chi connectivity index (χ0n) is 18.9. The third kappa shape index (κ3) is 3.50. The molecule has 3 heterocycles. The van der Waals surface area contributed by atoms with Crippen LogP contribution < -0.4 is 15.1 Å². The second kappa shape index (κ2) is 7.92. The Hall–Kier alpha value is -3.87. The van der Waals surface area contributed by atoms with Crippen LogP contribution in [0.15, 0.2) is 62.3 Å². The first kappa shape index (κ1) is 21.0. The number of fused-ring (bicyclic) bond motifs is 2. The standard InChI is InChI=1S/C26H24N2O5/c1-5-16-9-10-20-19(12-16)24(29)22-23(17-7-6-8-18(13-17)31-14(2)3)28(26(30)25(22)32-20)21-11-15(4)33-27-21/h6-14,23H,5H2,1-4H3/t23-/m0/s1. The number of carbonyl (C=O) groups is 1. The fraction of sp³-hybridized carbons (Fsp3) is 0.269. The van der Waals surface area contributed by atoms with Crippen LogP contribution in [0.4, 0.5) is 5.82 Å². The number of amides is 1. The maximum absolute atomic E-state index is 13.7. The van der Waals surface area contributed by atoms with Crippen LogP contribution in [-0.4, -0.2) is 17.2 Å². The monoisotopic (exact) mass is 444 g/mol. The lowest BCUT2D eigenvalue weighted by Crippen LogP contribution is -2.29. The summed E-state index contributed by atoms with van der Waals surface area (Å²) < 4.78 is 17.1. The van der Waals surface area contributed by atoms with Gasteiger partial charge in [0.2, 0.25) is 5.76 Å². The lowest BCUT2D eigenvalue weighted by atomic mass is 9.97. The predicted octanol–water partition coefficient (Wildman–Crippen LogP) is 5.19. The van der Waals surface area contributed by atoms with Gasteiger partial charge in [-0.2, -0.15) is 0 Å². The molecular formula is C26H24N2O5. The molecule has 0 aliphatic carbocycles. The van der Waals surface area contributed by atoms with Gasteiger partial charge in [0, 0.05) is 6.07 Å². The minimum atomic E-state index is -0.723. The number of hydrogen-bond acceptors (Lipinski definition) is 6. The molecule has 2 aromatic carbocycles. The Morgan fingerprint density at radius 2 is 1.94 bits per heavy atom. The molecule has 0 saturated carbocycles. The second-order valence-electron chi connectivity index (χ2n) is 8.47. The average molecular weight is 444 g/mol. The second-order valence-corrected chi connectivity index (χ2v) is 8.47. The van der Waals surface area contributed by atoms with Crippen LogP contribution in [0, 0.1) is 6.92 Å². The molecule has 1 aliphatic heterocycles. The topological polar surface area (TPSA) is 85.8 Å². The number of ether oxygens (including phenoxy) is 1. The number of aryl methyl sites for hydroxylation is 2. The van der Waals surface area contributed by atoms with Crippen LogP contribution in [0.2, 0.25) is 0 Å². The Morgan fingerprint density at radius 3 is 2.64 bits per heavy atom. The molecule has 0 fully saturated rings. The van der Waals surface area contributed by atoms with Crippen molar-refractivity contribution in [1.82, 2.24) is 5.16 Å². The summed E-state index contributed by atoms with van der Waals surface area (Å²) in [5.74, 6) is 1.12. The molecule has 7 nitrogen and oxygen atoms in total. The van der Waals surface area contributed by atoms with Crippen LogP contribution in [0.1, 0.15) is 59.8 Å². The van der Waals surface area contributed by atoms with E-state index in [-0.39, 0.29) is 17.3 Å². The Labute approximate surface area is 190 Å². The molecule has 0 bridgehead atoms. The first-order valence-corrected chi connectivity index (χ1v) is 11.0. The van der Waals surface area contributed by atoms with Crippen LogP contribution in [0.3, 0.4) is 0 Å². The Bertz CT molecular complexity index is 1430. The van der Waals surface area contributed by atoms with Gasteiger partial charge in [-0.05, 0) is 62.6 Å². The Balaban J connectivity index is 1.77. The van der Waals surface area contributed by atoms with E-state index in [4.69, 9.17) is 13.7 Å². The smallest absolute Gasteiger partial charge is 0.296 e. The van der Waals surface area contributed by atoms with Crippen molar-refractivity contribution >= 4 is 22.7 Å². The minimum Gasteiger partial charge on any atom is -0.491 e. The average Bonchev–Trinajstić information content (AvgIpc) is 3.34. The van der Waals surface area contributed by atoms with Gasteiger partial charge in [0.05, 0.1) is 23.1 Å². The van der Waals surface area contributed by atoms with Crippen LogP contribution in [-0.2, 0) is 6.42 Å². The molecule has 0 N–H and O–H groups in total. The van der Waals surface area contributed by atoms with E-state index in [1.165, 1.54) is 4.90 Å². The highest BCUT2D eigenvalue weighted by Crippen LogP contribution is 2.41. The first-order chi connectivity index (χ1) is 15.9. The number of aromatic nitrogens is 1. The molecule has 33 heavy (non-hydrogen) atoms. The molecule has 1 aliphatic rings. The summed E-state index contributed by atoms with van der Waals surface area (Å²) in [4.78, 5) is 28.8. The first-order valence-electron chi connectivity index (χ1n) is 11.0. The van der Waals surface area contributed by atoms with Gasteiger partial charge in [-0.3, -0.25) is 14.5 Å². The van der Waals surface area contributed by atoms with E-state index in [1.54, 1.807) is 19.1 Å². The van der Waals surface area contributed by atoms with Gasteiger partial charge in [0.25, 0.3) is 5.91 Å². The van der Waals surface area contributed by atoms with Crippen molar-refractivity contribution in [2.45, 2.75) is 46.3 Å². The van der Waals surface area contributed by atoms with Crippen molar-refractivity contribution in [3.63, 3.8) is 0 Å². The van der Waals surface area contributed by atoms with Crippen molar-refractivity contribution < 1.29 is 18.5 Å². The SMILES string of the molecule is CCc1ccc2oc3c(c(=O)c2c1)[C@H](c1cccc(OC(C)C)c1)N(c1cc(C)on1)C3=O. The van der Waals surface area contributed by atoms with E-state index >= 15 is 0 Å². The summed E-state index contributed by atoms with van der Waals surface area (Å²) in [5, 5.41) is 4.52. The fourth-order valence-electron chi connectivity index (χ4n) is 4.29. The molecule has 168 valence electrons. The minimum absolute atomic E-state index is 0.0199. The van der Waals surface area contributed by atoms with Crippen molar-refractivity contribution in [2.75, 3.05) is 4.90 Å². The molecule has 1 atom stereocenters. The van der Waals surface area contributed by atoms with Gasteiger partial charge < -0.3 is 13.7 Å². The summed E-state index contributed by atoms with van der Waals surface area (Å²) in [7, 11) is 0. The molecule has 0 saturated heterocycles. The zero-order valence-corrected chi connectivity index (χ0v) is 18.9. The molecule has 5 rings (SSSR count). The summed E-state index contributed by atoms with van der Waals surface area (Å²) >= 11 is 0. The fourth-order valence-corrected chi connectivity index (χ4v) is 4.29. The zero-order chi connectivity index (χ0) is 23.3. The number of anilines is 1. The molecule has 1 amide bonds. The van der Waals surface area contributed by atoms with Crippen LogP contribution in [0.5, 0.6) is 5.75 Å². The largest absolute Gasteiger partial charge is 0.491 e. The number of nitrogens with zero attached hydrogens (tertiary/aromatic N) is 2. The summed E-state index contributed by atoms with van der Waals surface area (Å²) in [6, 6.07) is 13.8. The quantitative estimate of drug-likeness (QED) is 0.421. The maximum atomic E-state index is 13.7. The summed E-state index contributed by atoms with van der Waals surface area (Å²) in [5.41, 5.74) is 2.20. The Kier molecular flexibility index (Phi) is 5.04. The third-order valence-corrected chi connectivity index (χ3v) is 5.75. The molecule has 0 radical (unpaired) electrons. The van der Waals surface area contributed by atoms with Gasteiger partial charge in [0.15, 0.2) is 11.2 Å². The molecule has 0 unspecified atom stereocenters. The summed E-state index contributed by atoms with van der Waals surface area (Å²) in [6.45, 7) is 7.66. The van der Waals surface area contributed by atoms with Gasteiger partial charge in [-0.1, -0.05) is 30.3 Å². The maximum Gasteiger partial charge on any atom is 0.296 e. The van der Waals surface area contributed by atoms with Gasteiger partial charge in [-0.15, -0.1) is 0 Å². The van der Waals surface area contributed by atoms with E-state index in [1.807, 2.05) is 57.2 Å². The molecule has 7 heteroatoms. The van der Waals surface area contributed by atoms with Crippen LogP contribution in [0.25, 0.3) is 11.0 Å². The van der Waals surface area contributed by atoms with Gasteiger partial charge in [0.1, 0.15) is 17.1 Å². The van der Waals surface area contributed by atoms with Crippen molar-refractivity contribution in [1.29, 1.82) is 0 Å². The number of rotatable bonds is 5. The molecular weight excluding hydrogens is 420 g/mol. The normalized spacial score (nSPS) is 15.5. The highest BCUT2D eigenvalue weighted by atomic mass is 16.5. The predicted molar refractivity (Wildman–Crippen MR) is 124 cm³/mol. The van der Waals surface area contributed by atoms with Gasteiger partial charge in [-0.25, -0.2) is 0 Å².